The monoisotopic (exact) mass is 434 g/mol. The topological polar surface area (TPSA) is 114 Å². The molecule has 0 saturated carbocycles. The van der Waals surface area contributed by atoms with Crippen molar-refractivity contribution >= 4 is 41.2 Å². The number of carbonyl (C=O) groups excluding carboxylic acids is 2. The maximum atomic E-state index is 12.3. The van der Waals surface area contributed by atoms with E-state index in [4.69, 9.17) is 0 Å². The van der Waals surface area contributed by atoms with Crippen molar-refractivity contribution in [3.05, 3.63) is 94.0 Å². The van der Waals surface area contributed by atoms with Crippen LogP contribution in [0.4, 0.5) is 11.4 Å². The van der Waals surface area contributed by atoms with Crippen molar-refractivity contribution < 1.29 is 14.5 Å². The second-order valence-electron chi connectivity index (χ2n) is 6.35. The second-order valence-corrected chi connectivity index (χ2v) is 7.47. The highest BCUT2D eigenvalue weighted by Gasteiger charge is 2.11. The Balaban J connectivity index is 1.75. The van der Waals surface area contributed by atoms with E-state index in [0.29, 0.717) is 16.8 Å². The molecule has 0 fully saturated rings. The zero-order chi connectivity index (χ0) is 22.2. The Morgan fingerprint density at radius 3 is 2.39 bits per heavy atom. The largest absolute Gasteiger partial charge is 0.326 e. The van der Waals surface area contributed by atoms with Gasteiger partial charge in [0, 0.05) is 45.7 Å². The smallest absolute Gasteiger partial charge is 0.271 e. The summed E-state index contributed by atoms with van der Waals surface area (Å²) in [4.78, 5) is 35.7. The van der Waals surface area contributed by atoms with Gasteiger partial charge in [-0.15, -0.1) is 0 Å². The first kappa shape index (κ1) is 21.7. The van der Waals surface area contributed by atoms with Gasteiger partial charge < -0.3 is 5.32 Å². The molecule has 0 bridgehead atoms. The molecule has 0 aliphatic carbocycles. The van der Waals surface area contributed by atoms with Crippen molar-refractivity contribution in [2.24, 2.45) is 5.10 Å². The van der Waals surface area contributed by atoms with Crippen LogP contribution in [0.25, 0.3) is 0 Å². The van der Waals surface area contributed by atoms with Crippen LogP contribution in [-0.4, -0.2) is 23.0 Å². The van der Waals surface area contributed by atoms with Gasteiger partial charge in [0.25, 0.3) is 11.6 Å². The van der Waals surface area contributed by atoms with Crippen molar-refractivity contribution in [2.75, 3.05) is 5.32 Å². The molecule has 31 heavy (non-hydrogen) atoms. The van der Waals surface area contributed by atoms with Crippen molar-refractivity contribution in [1.29, 1.82) is 0 Å². The van der Waals surface area contributed by atoms with E-state index < -0.39 is 10.8 Å². The summed E-state index contributed by atoms with van der Waals surface area (Å²) in [5, 5.41) is 17.7. The number of rotatable bonds is 7. The highest BCUT2D eigenvalue weighted by atomic mass is 32.2. The van der Waals surface area contributed by atoms with Gasteiger partial charge in [0.05, 0.1) is 11.1 Å². The number of nitrogens with zero attached hydrogens (tertiary/aromatic N) is 2. The van der Waals surface area contributed by atoms with Crippen molar-refractivity contribution in [3.8, 4) is 0 Å². The van der Waals surface area contributed by atoms with Gasteiger partial charge >= 0.3 is 0 Å². The number of non-ortho nitro benzene ring substituents is 1. The molecule has 0 aliphatic heterocycles. The molecule has 0 heterocycles. The first-order valence-corrected chi connectivity index (χ1v) is 9.96. The Kier molecular flexibility index (Phi) is 7.13. The molecule has 2 amide bonds. The summed E-state index contributed by atoms with van der Waals surface area (Å²) in [6.45, 7) is 1.40. The van der Waals surface area contributed by atoms with Crippen molar-refractivity contribution in [1.82, 2.24) is 5.43 Å². The molecule has 3 rings (SSSR count). The van der Waals surface area contributed by atoms with Gasteiger partial charge in [-0.3, -0.25) is 19.7 Å². The molecule has 0 saturated heterocycles. The molecule has 9 heteroatoms. The van der Waals surface area contributed by atoms with E-state index >= 15 is 0 Å². The molecule has 8 nitrogen and oxygen atoms in total. The number of carbonyl (C=O) groups is 2. The predicted molar refractivity (Wildman–Crippen MR) is 119 cm³/mol. The van der Waals surface area contributed by atoms with Gasteiger partial charge in [0.2, 0.25) is 5.91 Å². The standard InChI is InChI=1S/C22H18N4O4S/c1-15(27)24-18-9-7-16(8-10-18)22(28)25-23-14-17-13-19(26(29)30)11-12-21(17)31-20-5-3-2-4-6-20/h2-14H,1H3,(H,24,27)(H,25,28)/b23-14+. The number of benzene rings is 3. The Bertz CT molecular complexity index is 1130. The number of hydrogen-bond acceptors (Lipinski definition) is 6. The van der Waals surface area contributed by atoms with E-state index in [-0.39, 0.29) is 11.6 Å². The summed E-state index contributed by atoms with van der Waals surface area (Å²) in [5.41, 5.74) is 3.77. The quantitative estimate of drug-likeness (QED) is 0.324. The maximum absolute atomic E-state index is 12.3. The van der Waals surface area contributed by atoms with Gasteiger partial charge in [-0.25, -0.2) is 5.43 Å². The molecule has 0 atom stereocenters. The number of hydrazone groups is 1. The minimum absolute atomic E-state index is 0.0706. The molecule has 0 unspecified atom stereocenters. The Labute approximate surface area is 182 Å². The third-order valence-electron chi connectivity index (χ3n) is 4.01. The van der Waals surface area contributed by atoms with Crippen molar-refractivity contribution in [2.45, 2.75) is 16.7 Å². The molecule has 3 aromatic rings. The van der Waals surface area contributed by atoms with E-state index in [2.05, 4.69) is 15.8 Å². The lowest BCUT2D eigenvalue weighted by Gasteiger charge is -2.06. The van der Waals surface area contributed by atoms with Crippen LogP contribution >= 0.6 is 11.8 Å². The number of nitro benzene ring substituents is 1. The normalized spacial score (nSPS) is 10.6. The Hall–Kier alpha value is -3.98. The minimum atomic E-state index is -0.483. The van der Waals surface area contributed by atoms with Gasteiger partial charge in [-0.2, -0.15) is 5.10 Å². The summed E-state index contributed by atoms with van der Waals surface area (Å²) in [7, 11) is 0. The molecule has 156 valence electrons. The SMILES string of the molecule is CC(=O)Nc1ccc(C(=O)N/N=C/c2cc([N+](=O)[O-])ccc2Sc2ccccc2)cc1. The van der Waals surface area contributed by atoms with Crippen LogP contribution in [0.3, 0.4) is 0 Å². The molecular formula is C22H18N4O4S. The van der Waals surface area contributed by atoms with Crippen LogP contribution in [-0.2, 0) is 4.79 Å². The average Bonchev–Trinajstić information content (AvgIpc) is 2.75. The molecule has 3 aromatic carbocycles. The van der Waals surface area contributed by atoms with Crippen LogP contribution in [0.1, 0.15) is 22.8 Å². The third-order valence-corrected chi connectivity index (χ3v) is 5.11. The third kappa shape index (κ3) is 6.25. The summed E-state index contributed by atoms with van der Waals surface area (Å²) in [6, 6.07) is 20.4. The average molecular weight is 434 g/mol. The molecular weight excluding hydrogens is 416 g/mol. The molecule has 0 radical (unpaired) electrons. The van der Waals surface area contributed by atoms with E-state index in [1.165, 1.54) is 37.0 Å². The number of amides is 2. The zero-order valence-corrected chi connectivity index (χ0v) is 17.3. The van der Waals surface area contributed by atoms with E-state index in [9.17, 15) is 19.7 Å². The zero-order valence-electron chi connectivity index (χ0n) is 16.4. The van der Waals surface area contributed by atoms with Crippen LogP contribution in [0.15, 0.2) is 87.7 Å². The summed E-state index contributed by atoms with van der Waals surface area (Å²) < 4.78 is 0. The second kappa shape index (κ2) is 10.2. The highest BCUT2D eigenvalue weighted by molar-refractivity contribution is 7.99. The number of nitro groups is 1. The highest BCUT2D eigenvalue weighted by Crippen LogP contribution is 2.31. The number of hydrogen-bond donors (Lipinski definition) is 2. The predicted octanol–water partition coefficient (Wildman–Crippen LogP) is 4.47. The lowest BCUT2D eigenvalue weighted by atomic mass is 10.2. The number of anilines is 1. The van der Waals surface area contributed by atoms with Crippen LogP contribution in [0, 0.1) is 10.1 Å². The van der Waals surface area contributed by atoms with E-state index in [1.807, 2.05) is 30.3 Å². The van der Waals surface area contributed by atoms with Gasteiger partial charge in [-0.05, 0) is 42.5 Å². The van der Waals surface area contributed by atoms with Gasteiger partial charge in [-0.1, -0.05) is 30.0 Å². The Morgan fingerprint density at radius 2 is 1.74 bits per heavy atom. The van der Waals surface area contributed by atoms with Crippen LogP contribution in [0.2, 0.25) is 0 Å². The summed E-state index contributed by atoms with van der Waals surface area (Å²) in [6.07, 6.45) is 1.38. The first-order chi connectivity index (χ1) is 14.9. The van der Waals surface area contributed by atoms with E-state index in [0.717, 1.165) is 9.79 Å². The van der Waals surface area contributed by atoms with Crippen LogP contribution < -0.4 is 10.7 Å². The maximum Gasteiger partial charge on any atom is 0.271 e. The summed E-state index contributed by atoms with van der Waals surface area (Å²) in [5.74, 6) is -0.656. The molecule has 2 N–H and O–H groups in total. The lowest BCUT2D eigenvalue weighted by molar-refractivity contribution is -0.384. The van der Waals surface area contributed by atoms with Gasteiger partial charge in [0.1, 0.15) is 0 Å². The number of nitrogens with one attached hydrogen (secondary N) is 2. The fourth-order valence-electron chi connectivity index (χ4n) is 2.59. The molecule has 0 aliphatic rings. The first-order valence-electron chi connectivity index (χ1n) is 9.15. The fourth-order valence-corrected chi connectivity index (χ4v) is 3.50. The lowest BCUT2D eigenvalue weighted by Crippen LogP contribution is -2.17. The van der Waals surface area contributed by atoms with Crippen LogP contribution in [0.5, 0.6) is 0 Å². The minimum Gasteiger partial charge on any atom is -0.326 e. The van der Waals surface area contributed by atoms with E-state index in [1.54, 1.807) is 30.3 Å². The summed E-state index contributed by atoms with van der Waals surface area (Å²) >= 11 is 1.44. The molecule has 0 spiro atoms. The Morgan fingerprint density at radius 1 is 1.03 bits per heavy atom. The van der Waals surface area contributed by atoms with Gasteiger partial charge in [0.15, 0.2) is 0 Å². The molecule has 0 aromatic heterocycles. The van der Waals surface area contributed by atoms with Crippen molar-refractivity contribution in [3.63, 3.8) is 0 Å². The fraction of sp³-hybridized carbons (Fsp3) is 0.0455.